The topological polar surface area (TPSA) is 68.0 Å². The normalized spacial score (nSPS) is 11.8. The molecule has 0 aliphatic rings. The van der Waals surface area contributed by atoms with Gasteiger partial charge in [0, 0.05) is 17.0 Å². The molecule has 4 rings (SSSR count). The summed E-state index contributed by atoms with van der Waals surface area (Å²) in [4.78, 5) is 17.4. The molecule has 0 bridgehead atoms. The van der Waals surface area contributed by atoms with Crippen LogP contribution < -0.4 is 5.32 Å². The smallest absolute Gasteiger partial charge is 0.253 e. The number of hydrogen-bond donors (Lipinski definition) is 1. The van der Waals surface area contributed by atoms with Gasteiger partial charge >= 0.3 is 0 Å². The number of halogens is 2. The maximum atomic E-state index is 12.9. The molecule has 0 spiro atoms. The fourth-order valence-electron chi connectivity index (χ4n) is 3.05. The van der Waals surface area contributed by atoms with Crippen molar-refractivity contribution in [1.29, 1.82) is 0 Å². The van der Waals surface area contributed by atoms with Crippen LogP contribution in [0, 0.1) is 0 Å². The number of carbonyl (C=O) groups is 1. The zero-order valence-electron chi connectivity index (χ0n) is 15.8. The predicted octanol–water partition coefficient (Wildman–Crippen LogP) is 5.76. The van der Waals surface area contributed by atoms with Crippen LogP contribution in [0.2, 0.25) is 10.0 Å². The molecule has 1 heterocycles. The Hall–Kier alpha value is -3.15. The monoisotopic (exact) mass is 437 g/mol. The Labute approximate surface area is 183 Å². The third kappa shape index (κ3) is 4.70. The van der Waals surface area contributed by atoms with E-state index < -0.39 is 6.04 Å². The van der Waals surface area contributed by atoms with Crippen LogP contribution >= 0.6 is 23.2 Å². The predicted molar refractivity (Wildman–Crippen MR) is 117 cm³/mol. The van der Waals surface area contributed by atoms with Gasteiger partial charge in [0.1, 0.15) is 6.04 Å². The summed E-state index contributed by atoms with van der Waals surface area (Å²) < 4.78 is 5.51. The minimum atomic E-state index is -0.531. The van der Waals surface area contributed by atoms with E-state index in [-0.39, 0.29) is 5.91 Å². The first-order valence-electron chi connectivity index (χ1n) is 9.29. The van der Waals surface area contributed by atoms with Crippen molar-refractivity contribution in [2.45, 2.75) is 12.5 Å². The summed E-state index contributed by atoms with van der Waals surface area (Å²) in [7, 11) is 0. The van der Waals surface area contributed by atoms with Crippen molar-refractivity contribution in [2.75, 3.05) is 0 Å². The lowest BCUT2D eigenvalue weighted by molar-refractivity contribution is 0.0928. The third-order valence-corrected chi connectivity index (χ3v) is 5.09. The van der Waals surface area contributed by atoms with Gasteiger partial charge < -0.3 is 9.84 Å². The van der Waals surface area contributed by atoms with E-state index in [1.807, 2.05) is 42.5 Å². The quantitative estimate of drug-likeness (QED) is 0.416. The summed E-state index contributed by atoms with van der Waals surface area (Å²) in [6.07, 6.45) is 0.480. The molecule has 0 saturated carbocycles. The summed E-state index contributed by atoms with van der Waals surface area (Å²) in [6, 6.07) is 23.3. The van der Waals surface area contributed by atoms with Crippen LogP contribution in [-0.4, -0.2) is 16.0 Å². The fraction of sp³-hybridized carbons (Fsp3) is 0.0870. The summed E-state index contributed by atoms with van der Waals surface area (Å²) in [5.41, 5.74) is 2.13. The molecule has 0 aliphatic heterocycles. The van der Waals surface area contributed by atoms with Gasteiger partial charge in [-0.05, 0) is 29.8 Å². The minimum Gasteiger partial charge on any atom is -0.340 e. The van der Waals surface area contributed by atoms with E-state index in [2.05, 4.69) is 15.5 Å². The molecule has 0 unspecified atom stereocenters. The van der Waals surface area contributed by atoms with E-state index in [9.17, 15) is 4.79 Å². The van der Waals surface area contributed by atoms with Crippen molar-refractivity contribution in [3.8, 4) is 11.4 Å². The molecule has 150 valence electrons. The summed E-state index contributed by atoms with van der Waals surface area (Å²) in [6.45, 7) is 0. The molecule has 0 saturated heterocycles. The number of benzene rings is 3. The number of aromatic nitrogens is 2. The van der Waals surface area contributed by atoms with Crippen LogP contribution in [0.3, 0.4) is 0 Å². The third-order valence-electron chi connectivity index (χ3n) is 4.53. The highest BCUT2D eigenvalue weighted by Gasteiger charge is 2.24. The maximum absolute atomic E-state index is 12.9. The van der Waals surface area contributed by atoms with Crippen LogP contribution in [0.1, 0.15) is 27.9 Å². The molecule has 0 aliphatic carbocycles. The molecule has 7 heteroatoms. The molecule has 0 radical (unpaired) electrons. The lowest BCUT2D eigenvalue weighted by Crippen LogP contribution is -2.30. The van der Waals surface area contributed by atoms with Crippen LogP contribution in [0.4, 0.5) is 0 Å². The molecule has 1 aromatic heterocycles. The molecule has 4 aromatic rings. The molecule has 1 amide bonds. The van der Waals surface area contributed by atoms with Crippen molar-refractivity contribution < 1.29 is 9.32 Å². The Morgan fingerprint density at radius 3 is 2.50 bits per heavy atom. The van der Waals surface area contributed by atoms with Crippen LogP contribution in [0.25, 0.3) is 11.4 Å². The zero-order chi connectivity index (χ0) is 20.9. The van der Waals surface area contributed by atoms with Gasteiger partial charge in [-0.2, -0.15) is 4.98 Å². The highest BCUT2D eigenvalue weighted by atomic mass is 35.5. The van der Waals surface area contributed by atoms with Gasteiger partial charge in [-0.25, -0.2) is 0 Å². The number of amides is 1. The van der Waals surface area contributed by atoms with Gasteiger partial charge in [-0.15, -0.1) is 0 Å². The summed E-state index contributed by atoms with van der Waals surface area (Å²) in [5, 5.41) is 7.98. The second kappa shape index (κ2) is 9.11. The number of carbonyl (C=O) groups excluding carboxylic acids is 1. The van der Waals surface area contributed by atoms with Gasteiger partial charge in [0.2, 0.25) is 11.7 Å². The van der Waals surface area contributed by atoms with Crippen molar-refractivity contribution in [1.82, 2.24) is 15.5 Å². The van der Waals surface area contributed by atoms with Gasteiger partial charge in [0.15, 0.2) is 0 Å². The molecule has 3 aromatic carbocycles. The van der Waals surface area contributed by atoms with Crippen LogP contribution in [0.5, 0.6) is 0 Å². The van der Waals surface area contributed by atoms with Crippen LogP contribution in [0.15, 0.2) is 83.4 Å². The molecule has 1 N–H and O–H groups in total. The lowest BCUT2D eigenvalue weighted by Gasteiger charge is -2.16. The number of rotatable bonds is 6. The number of hydrogen-bond acceptors (Lipinski definition) is 4. The fourth-order valence-corrected chi connectivity index (χ4v) is 3.46. The van der Waals surface area contributed by atoms with Gasteiger partial charge in [0.05, 0.1) is 10.6 Å². The standard InChI is InChI=1S/C23H17Cl2N3O2/c24-17-10-6-9-16(14-17)21-27-23(30-28-21)20(13-15-7-2-1-3-8-15)26-22(29)18-11-4-5-12-19(18)25/h1-12,14,20H,13H2,(H,26,29)/t20-/m1/s1. The van der Waals surface area contributed by atoms with Crippen LogP contribution in [-0.2, 0) is 6.42 Å². The Bertz CT molecular complexity index is 1160. The Balaban J connectivity index is 1.64. The van der Waals surface area contributed by atoms with E-state index >= 15 is 0 Å². The first kappa shape index (κ1) is 20.1. The minimum absolute atomic E-state index is 0.300. The van der Waals surface area contributed by atoms with Crippen molar-refractivity contribution in [3.63, 3.8) is 0 Å². The first-order chi connectivity index (χ1) is 14.6. The molecule has 30 heavy (non-hydrogen) atoms. The zero-order valence-corrected chi connectivity index (χ0v) is 17.3. The lowest BCUT2D eigenvalue weighted by atomic mass is 10.1. The first-order valence-corrected chi connectivity index (χ1v) is 10.0. The molecule has 0 fully saturated rings. The maximum Gasteiger partial charge on any atom is 0.253 e. The van der Waals surface area contributed by atoms with E-state index in [1.54, 1.807) is 36.4 Å². The number of nitrogens with one attached hydrogen (secondary N) is 1. The molecule has 5 nitrogen and oxygen atoms in total. The number of nitrogens with zero attached hydrogens (tertiary/aromatic N) is 2. The average Bonchev–Trinajstić information content (AvgIpc) is 3.25. The highest BCUT2D eigenvalue weighted by molar-refractivity contribution is 6.33. The second-order valence-electron chi connectivity index (χ2n) is 6.66. The van der Waals surface area contributed by atoms with Gasteiger partial charge in [-0.1, -0.05) is 83.0 Å². The van der Waals surface area contributed by atoms with Crippen molar-refractivity contribution >= 4 is 29.1 Å². The molecular formula is C23H17Cl2N3O2. The van der Waals surface area contributed by atoms with E-state index in [4.69, 9.17) is 27.7 Å². The van der Waals surface area contributed by atoms with Gasteiger partial charge in [-0.3, -0.25) is 4.79 Å². The van der Waals surface area contributed by atoms with Crippen molar-refractivity contribution in [2.24, 2.45) is 0 Å². The summed E-state index contributed by atoms with van der Waals surface area (Å²) in [5.74, 6) is 0.385. The Kier molecular flexibility index (Phi) is 6.12. The van der Waals surface area contributed by atoms with E-state index in [0.29, 0.717) is 33.7 Å². The molecular weight excluding hydrogens is 421 g/mol. The van der Waals surface area contributed by atoms with Crippen molar-refractivity contribution in [3.05, 3.63) is 106 Å². The Morgan fingerprint density at radius 2 is 1.73 bits per heavy atom. The molecule has 1 atom stereocenters. The second-order valence-corrected chi connectivity index (χ2v) is 7.51. The van der Waals surface area contributed by atoms with E-state index in [0.717, 1.165) is 11.1 Å². The SMILES string of the molecule is O=C(N[C@H](Cc1ccccc1)c1nc(-c2cccc(Cl)c2)no1)c1ccccc1Cl. The largest absolute Gasteiger partial charge is 0.340 e. The van der Waals surface area contributed by atoms with Gasteiger partial charge in [0.25, 0.3) is 5.91 Å². The Morgan fingerprint density at radius 1 is 0.967 bits per heavy atom. The average molecular weight is 438 g/mol. The van der Waals surface area contributed by atoms with E-state index in [1.165, 1.54) is 0 Å². The highest BCUT2D eigenvalue weighted by Crippen LogP contribution is 2.24. The summed E-state index contributed by atoms with van der Waals surface area (Å²) >= 11 is 12.3.